The van der Waals surface area contributed by atoms with Gasteiger partial charge in [-0.1, -0.05) is 17.7 Å². The molecule has 0 aromatic heterocycles. The Hall–Kier alpha value is 1.01. The molecule has 0 fully saturated rings. The van der Waals surface area contributed by atoms with Gasteiger partial charge in [0.2, 0.25) is 0 Å². The average molecular weight is 156 g/mol. The van der Waals surface area contributed by atoms with E-state index in [-0.39, 0.29) is 5.44 Å². The van der Waals surface area contributed by atoms with Crippen molar-refractivity contribution in [1.29, 1.82) is 0 Å². The minimum absolute atomic E-state index is 0.131. The van der Waals surface area contributed by atoms with Gasteiger partial charge in [-0.05, 0) is 19.3 Å². The van der Waals surface area contributed by atoms with Gasteiger partial charge < -0.3 is 4.18 Å². The molecule has 0 aliphatic carbocycles. The van der Waals surface area contributed by atoms with Gasteiger partial charge in [-0.15, -0.1) is 11.7 Å². The van der Waals surface area contributed by atoms with Gasteiger partial charge in [0, 0.05) is 0 Å². The first kappa shape index (κ1) is 8.01. The van der Waals surface area contributed by atoms with Crippen LogP contribution in [0, 0.1) is 0 Å². The summed E-state index contributed by atoms with van der Waals surface area (Å²) < 4.78 is 4.63. The maximum Gasteiger partial charge on any atom is 0.127 e. The van der Waals surface area contributed by atoms with Crippen molar-refractivity contribution in [3.8, 4) is 0 Å². The first-order chi connectivity index (χ1) is 3.35. The summed E-state index contributed by atoms with van der Waals surface area (Å²) in [5.74, 6) is 0. The fraction of sp³-hybridized carbons (Fsp3) is 1.00. The summed E-state index contributed by atoms with van der Waals surface area (Å²) in [5, 5.41) is 0. The van der Waals surface area contributed by atoms with Gasteiger partial charge in [0.25, 0.3) is 0 Å². The average Bonchev–Trinajstić information content (AvgIpc) is 1.72. The van der Waals surface area contributed by atoms with Crippen LogP contribution in [0.5, 0.6) is 0 Å². The van der Waals surface area contributed by atoms with Crippen LogP contribution in [0.25, 0.3) is 0 Å². The third-order valence-corrected chi connectivity index (χ3v) is 2.34. The second-order valence-electron chi connectivity index (χ2n) is 1.05. The zero-order valence-corrected chi connectivity index (χ0v) is 6.60. The van der Waals surface area contributed by atoms with Gasteiger partial charge in [-0.2, -0.15) is 0 Å². The lowest BCUT2D eigenvalue weighted by Gasteiger charge is -2.03. The highest BCUT2D eigenvalue weighted by Crippen LogP contribution is 2.19. The van der Waals surface area contributed by atoms with Crippen LogP contribution < -0.4 is 0 Å². The molecule has 0 spiro atoms. The second kappa shape index (κ2) is 5.15. The number of hydrogen-bond acceptors (Lipinski definition) is 4. The standard InChI is InChI=1S/C3H8OS3/c1-2-3(4-5)7-6/h3,5-6H,2H2,1H3. The molecule has 0 N–H and O–H groups in total. The molecule has 0 aliphatic rings. The van der Waals surface area contributed by atoms with Crippen LogP contribution in [0.15, 0.2) is 0 Å². The van der Waals surface area contributed by atoms with Crippen molar-refractivity contribution in [3.05, 3.63) is 0 Å². The van der Waals surface area contributed by atoms with Gasteiger partial charge in [0.15, 0.2) is 0 Å². The molecule has 0 aromatic rings. The fourth-order valence-corrected chi connectivity index (χ4v) is 1.41. The molecule has 0 rings (SSSR count). The van der Waals surface area contributed by atoms with Crippen LogP contribution in [0.4, 0.5) is 0 Å². The van der Waals surface area contributed by atoms with E-state index >= 15 is 0 Å². The maximum absolute atomic E-state index is 4.63. The van der Waals surface area contributed by atoms with Crippen molar-refractivity contribution < 1.29 is 4.18 Å². The molecular formula is C3H8OS3. The third-order valence-electron chi connectivity index (χ3n) is 0.568. The van der Waals surface area contributed by atoms with Crippen LogP contribution in [0.3, 0.4) is 0 Å². The summed E-state index contributed by atoms with van der Waals surface area (Å²) in [4.78, 5) is 0. The maximum atomic E-state index is 4.63. The Labute approximate surface area is 58.6 Å². The van der Waals surface area contributed by atoms with Crippen LogP contribution in [-0.4, -0.2) is 5.44 Å². The lowest BCUT2D eigenvalue weighted by molar-refractivity contribution is 0.344. The zero-order valence-electron chi connectivity index (χ0n) is 4.00. The van der Waals surface area contributed by atoms with Gasteiger partial charge in [-0.25, -0.2) is 0 Å². The molecular weight excluding hydrogens is 148 g/mol. The monoisotopic (exact) mass is 156 g/mol. The topological polar surface area (TPSA) is 9.23 Å². The molecule has 0 aliphatic heterocycles. The van der Waals surface area contributed by atoms with Crippen LogP contribution in [-0.2, 0) is 4.18 Å². The van der Waals surface area contributed by atoms with E-state index in [2.05, 4.69) is 28.8 Å². The van der Waals surface area contributed by atoms with Gasteiger partial charge >= 0.3 is 0 Å². The molecule has 4 heteroatoms. The van der Waals surface area contributed by atoms with E-state index in [9.17, 15) is 0 Å². The molecule has 1 atom stereocenters. The number of thiol groups is 2. The molecule has 1 nitrogen and oxygen atoms in total. The van der Waals surface area contributed by atoms with Gasteiger partial charge in [0.1, 0.15) is 5.44 Å². The predicted molar refractivity (Wildman–Crippen MR) is 40.7 cm³/mol. The van der Waals surface area contributed by atoms with Crippen molar-refractivity contribution in [3.63, 3.8) is 0 Å². The Morgan fingerprint density at radius 3 is 2.43 bits per heavy atom. The summed E-state index contributed by atoms with van der Waals surface area (Å²) in [7, 11) is 1.37. The molecule has 0 saturated heterocycles. The Morgan fingerprint density at radius 1 is 1.86 bits per heavy atom. The minimum atomic E-state index is 0.131. The third kappa shape index (κ3) is 3.58. The Kier molecular flexibility index (Phi) is 5.90. The van der Waals surface area contributed by atoms with Crippen LogP contribution >= 0.6 is 35.4 Å². The SMILES string of the molecule is CCC(OS)SS. The van der Waals surface area contributed by atoms with E-state index in [1.807, 2.05) is 6.92 Å². The molecule has 44 valence electrons. The molecule has 0 aromatic carbocycles. The van der Waals surface area contributed by atoms with Crippen molar-refractivity contribution in [2.45, 2.75) is 18.8 Å². The largest absolute Gasteiger partial charge is 0.304 e. The lowest BCUT2D eigenvalue weighted by Crippen LogP contribution is -1.95. The Bertz CT molecular complexity index is 31.7. The van der Waals surface area contributed by atoms with E-state index in [1.54, 1.807) is 0 Å². The van der Waals surface area contributed by atoms with Crippen molar-refractivity contribution in [1.82, 2.24) is 0 Å². The van der Waals surface area contributed by atoms with Gasteiger partial charge in [-0.3, -0.25) is 0 Å². The first-order valence-corrected chi connectivity index (χ1v) is 4.25. The second-order valence-corrected chi connectivity index (χ2v) is 2.63. The zero-order chi connectivity index (χ0) is 5.70. The van der Waals surface area contributed by atoms with Crippen LogP contribution in [0.2, 0.25) is 0 Å². The molecule has 0 heterocycles. The van der Waals surface area contributed by atoms with E-state index < -0.39 is 0 Å². The summed E-state index contributed by atoms with van der Waals surface area (Å²) >= 11 is 7.52. The highest BCUT2D eigenvalue weighted by atomic mass is 33.1. The highest BCUT2D eigenvalue weighted by molar-refractivity contribution is 8.68. The fourth-order valence-electron chi connectivity index (χ4n) is 0.168. The van der Waals surface area contributed by atoms with E-state index in [0.29, 0.717) is 0 Å². The minimum Gasteiger partial charge on any atom is -0.304 e. The van der Waals surface area contributed by atoms with E-state index in [1.165, 1.54) is 10.8 Å². The Morgan fingerprint density at radius 2 is 2.43 bits per heavy atom. The van der Waals surface area contributed by atoms with Crippen molar-refractivity contribution in [2.24, 2.45) is 0 Å². The smallest absolute Gasteiger partial charge is 0.127 e. The number of rotatable bonds is 3. The molecule has 7 heavy (non-hydrogen) atoms. The summed E-state index contributed by atoms with van der Waals surface area (Å²) in [5.41, 5.74) is 0.131. The quantitative estimate of drug-likeness (QED) is 0.280. The summed E-state index contributed by atoms with van der Waals surface area (Å²) in [6, 6.07) is 0. The molecule has 0 amide bonds. The lowest BCUT2D eigenvalue weighted by atomic mass is 10.5. The molecule has 0 bridgehead atoms. The van der Waals surface area contributed by atoms with Crippen molar-refractivity contribution in [2.75, 3.05) is 0 Å². The predicted octanol–water partition coefficient (Wildman–Crippen LogP) is 2.16. The first-order valence-electron chi connectivity index (χ1n) is 1.95. The van der Waals surface area contributed by atoms with E-state index in [0.717, 1.165) is 6.42 Å². The van der Waals surface area contributed by atoms with Crippen molar-refractivity contribution >= 4 is 35.4 Å². The molecule has 0 saturated carbocycles. The molecule has 0 radical (unpaired) electrons. The summed E-state index contributed by atoms with van der Waals surface area (Å²) in [6.07, 6.45) is 0.942. The highest BCUT2D eigenvalue weighted by Gasteiger charge is 1.99. The van der Waals surface area contributed by atoms with Gasteiger partial charge in [0.05, 0.1) is 0 Å². The summed E-state index contributed by atoms with van der Waals surface area (Å²) in [6.45, 7) is 2.02. The van der Waals surface area contributed by atoms with E-state index in [4.69, 9.17) is 0 Å². The number of hydrogen-bond donors (Lipinski definition) is 2. The molecule has 1 unspecified atom stereocenters. The van der Waals surface area contributed by atoms with Crippen LogP contribution in [0.1, 0.15) is 13.3 Å². The normalized spacial score (nSPS) is 14.1. The Balaban J connectivity index is 2.99.